The van der Waals surface area contributed by atoms with E-state index in [4.69, 9.17) is 0 Å². The number of hydrogen-bond donors (Lipinski definition) is 2. The summed E-state index contributed by atoms with van der Waals surface area (Å²) >= 11 is 0. The van der Waals surface area contributed by atoms with E-state index in [9.17, 15) is 9.59 Å². The molecule has 1 saturated heterocycles. The Morgan fingerprint density at radius 1 is 1.04 bits per heavy atom. The molecule has 0 aromatic heterocycles. The van der Waals surface area contributed by atoms with Crippen molar-refractivity contribution in [3.63, 3.8) is 0 Å². The van der Waals surface area contributed by atoms with Gasteiger partial charge in [-0.1, -0.05) is 44.2 Å². The van der Waals surface area contributed by atoms with Gasteiger partial charge < -0.3 is 15.5 Å². The molecule has 2 rings (SSSR count). The predicted molar refractivity (Wildman–Crippen MR) is 94.5 cm³/mol. The Morgan fingerprint density at radius 3 is 2.33 bits per heavy atom. The van der Waals surface area contributed by atoms with Gasteiger partial charge >= 0.3 is 6.03 Å². The summed E-state index contributed by atoms with van der Waals surface area (Å²) in [5.74, 6) is 0.472. The molecule has 0 bridgehead atoms. The zero-order valence-electron chi connectivity index (χ0n) is 14.6. The second-order valence-electron chi connectivity index (χ2n) is 6.61. The molecule has 132 valence electrons. The Morgan fingerprint density at radius 2 is 1.71 bits per heavy atom. The normalized spacial score (nSPS) is 15.4. The molecule has 0 radical (unpaired) electrons. The molecule has 0 unspecified atom stereocenters. The molecular formula is C18H28N4O2. The number of urea groups is 1. The standard InChI is InChI=1S/C18H28N4O2/c1-15(2)12-20-18(24)22-10-8-21(9-11-22)14-17(23)19-13-16-6-4-3-5-7-16/h3-7,15H,8-14H2,1-2H3,(H,19,23)(H,20,24). The van der Waals surface area contributed by atoms with E-state index in [1.54, 1.807) is 0 Å². The van der Waals surface area contributed by atoms with Crippen LogP contribution in [0.25, 0.3) is 0 Å². The topological polar surface area (TPSA) is 64.7 Å². The number of nitrogens with zero attached hydrogens (tertiary/aromatic N) is 2. The van der Waals surface area contributed by atoms with Gasteiger partial charge in [-0.05, 0) is 11.5 Å². The molecule has 1 fully saturated rings. The van der Waals surface area contributed by atoms with E-state index in [2.05, 4.69) is 29.4 Å². The highest BCUT2D eigenvalue weighted by atomic mass is 16.2. The van der Waals surface area contributed by atoms with Crippen LogP contribution in [0.3, 0.4) is 0 Å². The Hall–Kier alpha value is -2.08. The molecule has 1 aromatic carbocycles. The van der Waals surface area contributed by atoms with Crippen LogP contribution >= 0.6 is 0 Å². The predicted octanol–water partition coefficient (Wildman–Crippen LogP) is 1.29. The number of piperazine rings is 1. The summed E-state index contributed by atoms with van der Waals surface area (Å²) in [5.41, 5.74) is 1.09. The fraction of sp³-hybridized carbons (Fsp3) is 0.556. The zero-order valence-corrected chi connectivity index (χ0v) is 14.6. The number of hydrogen-bond acceptors (Lipinski definition) is 3. The van der Waals surface area contributed by atoms with Crippen molar-refractivity contribution in [2.45, 2.75) is 20.4 Å². The molecule has 6 nitrogen and oxygen atoms in total. The number of carbonyl (C=O) groups is 2. The SMILES string of the molecule is CC(C)CNC(=O)N1CCN(CC(=O)NCc2ccccc2)CC1. The van der Waals surface area contributed by atoms with Gasteiger partial charge in [-0.2, -0.15) is 0 Å². The van der Waals surface area contributed by atoms with E-state index < -0.39 is 0 Å². The number of nitrogens with one attached hydrogen (secondary N) is 2. The van der Waals surface area contributed by atoms with Crippen LogP contribution in [0.4, 0.5) is 4.79 Å². The maximum atomic E-state index is 12.0. The quantitative estimate of drug-likeness (QED) is 0.825. The minimum Gasteiger partial charge on any atom is -0.351 e. The molecule has 0 aliphatic carbocycles. The summed E-state index contributed by atoms with van der Waals surface area (Å²) in [5, 5.41) is 5.87. The Bertz CT molecular complexity index is 525. The smallest absolute Gasteiger partial charge is 0.317 e. The van der Waals surface area contributed by atoms with Crippen LogP contribution in [0.2, 0.25) is 0 Å². The van der Waals surface area contributed by atoms with Crippen molar-refractivity contribution in [1.29, 1.82) is 0 Å². The second-order valence-corrected chi connectivity index (χ2v) is 6.61. The minimum absolute atomic E-state index is 0.00289. The molecule has 3 amide bonds. The molecule has 1 heterocycles. The van der Waals surface area contributed by atoms with E-state index in [1.807, 2.05) is 35.2 Å². The van der Waals surface area contributed by atoms with Crippen LogP contribution in [0, 0.1) is 5.92 Å². The first kappa shape index (κ1) is 18.3. The van der Waals surface area contributed by atoms with Crippen molar-refractivity contribution < 1.29 is 9.59 Å². The molecule has 6 heteroatoms. The number of rotatable bonds is 6. The summed E-state index contributed by atoms with van der Waals surface area (Å²) in [6.45, 7) is 8.57. The fourth-order valence-corrected chi connectivity index (χ4v) is 2.57. The highest BCUT2D eigenvalue weighted by molar-refractivity contribution is 5.78. The highest BCUT2D eigenvalue weighted by Gasteiger charge is 2.22. The molecule has 1 aliphatic heterocycles. The van der Waals surface area contributed by atoms with Crippen molar-refractivity contribution in [1.82, 2.24) is 20.4 Å². The van der Waals surface area contributed by atoms with E-state index in [1.165, 1.54) is 0 Å². The maximum absolute atomic E-state index is 12.0. The van der Waals surface area contributed by atoms with Gasteiger partial charge in [0.25, 0.3) is 0 Å². The zero-order chi connectivity index (χ0) is 17.4. The molecule has 0 atom stereocenters. The molecule has 0 saturated carbocycles. The van der Waals surface area contributed by atoms with Gasteiger partial charge in [-0.25, -0.2) is 4.79 Å². The summed E-state index contributed by atoms with van der Waals surface area (Å²) in [6.07, 6.45) is 0. The van der Waals surface area contributed by atoms with Crippen LogP contribution in [0.5, 0.6) is 0 Å². The molecule has 2 N–H and O–H groups in total. The average Bonchev–Trinajstić information content (AvgIpc) is 2.59. The number of amides is 3. The fourth-order valence-electron chi connectivity index (χ4n) is 2.57. The molecule has 1 aromatic rings. The minimum atomic E-state index is -0.00289. The lowest BCUT2D eigenvalue weighted by molar-refractivity contribution is -0.122. The maximum Gasteiger partial charge on any atom is 0.317 e. The summed E-state index contributed by atoms with van der Waals surface area (Å²) < 4.78 is 0. The Balaban J connectivity index is 1.65. The highest BCUT2D eigenvalue weighted by Crippen LogP contribution is 2.03. The lowest BCUT2D eigenvalue weighted by Gasteiger charge is -2.34. The third kappa shape index (κ3) is 6.20. The summed E-state index contributed by atoms with van der Waals surface area (Å²) in [6, 6.07) is 9.87. The van der Waals surface area contributed by atoms with Gasteiger partial charge in [-0.3, -0.25) is 9.69 Å². The number of carbonyl (C=O) groups excluding carboxylic acids is 2. The molecule has 0 spiro atoms. The van der Waals surface area contributed by atoms with Gasteiger partial charge in [0.05, 0.1) is 6.54 Å². The van der Waals surface area contributed by atoms with E-state index in [0.29, 0.717) is 38.6 Å². The lowest BCUT2D eigenvalue weighted by atomic mass is 10.2. The Labute approximate surface area is 144 Å². The first-order valence-electron chi connectivity index (χ1n) is 8.60. The largest absolute Gasteiger partial charge is 0.351 e. The van der Waals surface area contributed by atoms with Crippen molar-refractivity contribution in [3.8, 4) is 0 Å². The van der Waals surface area contributed by atoms with Crippen molar-refractivity contribution >= 4 is 11.9 Å². The van der Waals surface area contributed by atoms with E-state index in [0.717, 1.165) is 18.7 Å². The molecule has 24 heavy (non-hydrogen) atoms. The van der Waals surface area contributed by atoms with Gasteiger partial charge in [0.15, 0.2) is 0 Å². The van der Waals surface area contributed by atoms with Gasteiger partial charge in [-0.15, -0.1) is 0 Å². The van der Waals surface area contributed by atoms with E-state index in [-0.39, 0.29) is 11.9 Å². The first-order valence-corrected chi connectivity index (χ1v) is 8.60. The third-order valence-corrected chi connectivity index (χ3v) is 4.02. The van der Waals surface area contributed by atoms with Gasteiger partial charge in [0.1, 0.15) is 0 Å². The first-order chi connectivity index (χ1) is 11.5. The van der Waals surface area contributed by atoms with Crippen molar-refractivity contribution in [2.75, 3.05) is 39.3 Å². The summed E-state index contributed by atoms with van der Waals surface area (Å²) in [4.78, 5) is 27.9. The number of benzene rings is 1. The van der Waals surface area contributed by atoms with Gasteiger partial charge in [0.2, 0.25) is 5.91 Å². The van der Waals surface area contributed by atoms with E-state index >= 15 is 0 Å². The summed E-state index contributed by atoms with van der Waals surface area (Å²) in [7, 11) is 0. The second kappa shape index (κ2) is 9.27. The van der Waals surface area contributed by atoms with Crippen LogP contribution in [-0.4, -0.2) is 61.0 Å². The van der Waals surface area contributed by atoms with Crippen LogP contribution in [-0.2, 0) is 11.3 Å². The van der Waals surface area contributed by atoms with Crippen LogP contribution < -0.4 is 10.6 Å². The van der Waals surface area contributed by atoms with Crippen molar-refractivity contribution in [3.05, 3.63) is 35.9 Å². The third-order valence-electron chi connectivity index (χ3n) is 4.02. The van der Waals surface area contributed by atoms with Crippen LogP contribution in [0.1, 0.15) is 19.4 Å². The van der Waals surface area contributed by atoms with Crippen LogP contribution in [0.15, 0.2) is 30.3 Å². The lowest BCUT2D eigenvalue weighted by Crippen LogP contribution is -2.53. The molecular weight excluding hydrogens is 304 g/mol. The van der Waals surface area contributed by atoms with Gasteiger partial charge in [0, 0.05) is 39.3 Å². The monoisotopic (exact) mass is 332 g/mol. The molecule has 1 aliphatic rings. The van der Waals surface area contributed by atoms with Crippen molar-refractivity contribution in [2.24, 2.45) is 5.92 Å². The Kier molecular flexibility index (Phi) is 7.06. The average molecular weight is 332 g/mol.